The first-order valence-corrected chi connectivity index (χ1v) is 21.0. The van der Waals surface area contributed by atoms with Crippen molar-refractivity contribution in [1.29, 1.82) is 0 Å². The number of para-hydroxylation sites is 3. The minimum absolute atomic E-state index is 0.0238. The average molecular weight is 771 g/mol. The van der Waals surface area contributed by atoms with Crippen molar-refractivity contribution in [2.75, 3.05) is 0 Å². The van der Waals surface area contributed by atoms with Crippen molar-refractivity contribution in [3.63, 3.8) is 0 Å². The molecule has 0 bridgehead atoms. The fourth-order valence-electron chi connectivity index (χ4n) is 9.87. The van der Waals surface area contributed by atoms with Gasteiger partial charge in [-0.25, -0.2) is 0 Å². The molecule has 2 aliphatic rings. The van der Waals surface area contributed by atoms with Gasteiger partial charge in [0, 0.05) is 38.4 Å². The van der Waals surface area contributed by atoms with Gasteiger partial charge in [-0.1, -0.05) is 176 Å². The third-order valence-electron chi connectivity index (χ3n) is 12.7. The lowest BCUT2D eigenvalue weighted by atomic mass is 9.86. The molecule has 1 saturated heterocycles. The number of rotatable bonds is 6. The number of hydrogen-bond donors (Lipinski definition) is 2. The molecule has 2 N–H and O–H groups in total. The third-order valence-corrected chi connectivity index (χ3v) is 12.7. The summed E-state index contributed by atoms with van der Waals surface area (Å²) < 4.78 is 5.03. The molecule has 0 radical (unpaired) electrons. The average Bonchev–Trinajstić information content (AvgIpc) is 3.83. The second-order valence-corrected chi connectivity index (χ2v) is 16.2. The van der Waals surface area contributed by atoms with Crippen LogP contribution < -0.4 is 10.6 Å². The number of fused-ring (bicyclic) bond motifs is 7. The Bertz CT molecular complexity index is 3260. The van der Waals surface area contributed by atoms with Gasteiger partial charge in [0.2, 0.25) is 0 Å². The van der Waals surface area contributed by atoms with Crippen molar-refractivity contribution in [1.82, 2.24) is 19.8 Å². The molecular formula is C56H42N4. The molecule has 0 amide bonds. The second-order valence-electron chi connectivity index (χ2n) is 16.2. The van der Waals surface area contributed by atoms with Crippen molar-refractivity contribution in [2.24, 2.45) is 0 Å². The lowest BCUT2D eigenvalue weighted by Crippen LogP contribution is -2.44. The smallest absolute Gasteiger partial charge is 0.104 e. The molecule has 0 saturated carbocycles. The topological polar surface area (TPSA) is 33.9 Å². The van der Waals surface area contributed by atoms with Gasteiger partial charge in [-0.15, -0.1) is 0 Å². The molecule has 1 aliphatic heterocycles. The van der Waals surface area contributed by atoms with Gasteiger partial charge in [-0.3, -0.25) is 5.32 Å². The molecule has 4 heteroatoms. The zero-order valence-electron chi connectivity index (χ0n) is 33.0. The summed E-state index contributed by atoms with van der Waals surface area (Å²) in [4.78, 5) is 0. The number of aromatic nitrogens is 2. The van der Waals surface area contributed by atoms with Crippen molar-refractivity contribution in [2.45, 2.75) is 24.7 Å². The molecule has 12 rings (SSSR count). The highest BCUT2D eigenvalue weighted by molar-refractivity contribution is 6.18. The number of benzene rings is 8. The normalized spacial score (nSPS) is 17.7. The van der Waals surface area contributed by atoms with Gasteiger partial charge in [-0.05, 0) is 81.8 Å². The van der Waals surface area contributed by atoms with E-state index >= 15 is 0 Å². The summed E-state index contributed by atoms with van der Waals surface area (Å²) in [5.74, 6) is 0. The first-order valence-electron chi connectivity index (χ1n) is 21.0. The Hall–Kier alpha value is -7.40. The van der Waals surface area contributed by atoms with Crippen LogP contribution in [0.25, 0.3) is 71.6 Å². The fraction of sp³-hybridized carbons (Fsp3) is 0.0714. The molecular weight excluding hydrogens is 729 g/mol. The summed E-state index contributed by atoms with van der Waals surface area (Å²) in [6, 6.07) is 72.9. The van der Waals surface area contributed by atoms with E-state index in [0.29, 0.717) is 0 Å². The molecule has 8 aromatic carbocycles. The SMILES string of the molecule is C1=C2NC(c3ccc(-c4ccccc4)cc3)NC(c3ccc(-c4ccccc4)cc3)C2=CC(n2c3ccccc3c3cc4c5ccccc5n(-c5ccccc5)c4cc32)C1. The largest absolute Gasteiger partial charge is 0.366 e. The Labute approximate surface area is 349 Å². The van der Waals surface area contributed by atoms with E-state index in [-0.39, 0.29) is 18.2 Å². The van der Waals surface area contributed by atoms with E-state index in [1.165, 1.54) is 93.9 Å². The Morgan fingerprint density at radius 1 is 0.433 bits per heavy atom. The number of nitrogens with zero attached hydrogens (tertiary/aromatic N) is 2. The highest BCUT2D eigenvalue weighted by Crippen LogP contribution is 2.44. The maximum atomic E-state index is 4.08. The zero-order chi connectivity index (χ0) is 39.6. The van der Waals surface area contributed by atoms with E-state index < -0.39 is 0 Å². The molecule has 286 valence electrons. The van der Waals surface area contributed by atoms with Gasteiger partial charge < -0.3 is 14.5 Å². The summed E-state index contributed by atoms with van der Waals surface area (Å²) in [6.07, 6.45) is 5.79. The third kappa shape index (κ3) is 5.71. The van der Waals surface area contributed by atoms with Crippen LogP contribution in [0.2, 0.25) is 0 Å². The Morgan fingerprint density at radius 3 is 1.63 bits per heavy atom. The summed E-state index contributed by atoms with van der Waals surface area (Å²) >= 11 is 0. The summed E-state index contributed by atoms with van der Waals surface area (Å²) in [7, 11) is 0. The molecule has 1 fully saturated rings. The van der Waals surface area contributed by atoms with E-state index in [1.54, 1.807) is 0 Å². The minimum Gasteiger partial charge on any atom is -0.366 e. The Balaban J connectivity index is 0.994. The predicted octanol–water partition coefficient (Wildman–Crippen LogP) is 13.6. The summed E-state index contributed by atoms with van der Waals surface area (Å²) in [5, 5.41) is 13.1. The Kier molecular flexibility index (Phi) is 8.17. The van der Waals surface area contributed by atoms with Crippen molar-refractivity contribution in [3.8, 4) is 27.9 Å². The van der Waals surface area contributed by atoms with E-state index in [1.807, 2.05) is 0 Å². The van der Waals surface area contributed by atoms with Crippen LogP contribution in [0.1, 0.15) is 35.8 Å². The molecule has 0 spiro atoms. The number of nitrogens with one attached hydrogen (secondary N) is 2. The van der Waals surface area contributed by atoms with E-state index in [2.05, 4.69) is 232 Å². The van der Waals surface area contributed by atoms with E-state index in [0.717, 1.165) is 6.42 Å². The fourth-order valence-corrected chi connectivity index (χ4v) is 9.87. The lowest BCUT2D eigenvalue weighted by Gasteiger charge is -2.40. The highest BCUT2D eigenvalue weighted by atomic mass is 15.2. The van der Waals surface area contributed by atoms with E-state index in [9.17, 15) is 0 Å². The maximum absolute atomic E-state index is 4.08. The van der Waals surface area contributed by atoms with Gasteiger partial charge in [0.1, 0.15) is 6.17 Å². The van der Waals surface area contributed by atoms with Crippen molar-refractivity contribution < 1.29 is 0 Å². The monoisotopic (exact) mass is 770 g/mol. The summed E-state index contributed by atoms with van der Waals surface area (Å²) in [6.45, 7) is 0. The quantitative estimate of drug-likeness (QED) is 0.177. The van der Waals surface area contributed by atoms with Crippen LogP contribution >= 0.6 is 0 Å². The maximum Gasteiger partial charge on any atom is 0.104 e. The zero-order valence-corrected chi connectivity index (χ0v) is 33.0. The van der Waals surface area contributed by atoms with Crippen LogP contribution in [-0.4, -0.2) is 9.13 Å². The molecule has 3 heterocycles. The lowest BCUT2D eigenvalue weighted by molar-refractivity contribution is 0.392. The van der Waals surface area contributed by atoms with Gasteiger partial charge >= 0.3 is 0 Å². The molecule has 4 nitrogen and oxygen atoms in total. The number of allylic oxidation sites excluding steroid dienone is 2. The van der Waals surface area contributed by atoms with Crippen molar-refractivity contribution >= 4 is 43.6 Å². The molecule has 10 aromatic rings. The van der Waals surface area contributed by atoms with Crippen LogP contribution in [-0.2, 0) is 0 Å². The summed E-state index contributed by atoms with van der Waals surface area (Å²) in [5.41, 5.74) is 15.9. The Morgan fingerprint density at radius 2 is 0.967 bits per heavy atom. The van der Waals surface area contributed by atoms with Gasteiger partial charge in [0.05, 0.1) is 28.6 Å². The van der Waals surface area contributed by atoms with Crippen LogP contribution in [0.5, 0.6) is 0 Å². The molecule has 2 aromatic heterocycles. The molecule has 3 unspecified atom stereocenters. The van der Waals surface area contributed by atoms with E-state index in [4.69, 9.17) is 0 Å². The van der Waals surface area contributed by atoms with Crippen LogP contribution in [0.4, 0.5) is 0 Å². The van der Waals surface area contributed by atoms with Gasteiger partial charge in [0.25, 0.3) is 0 Å². The standard InChI is InChI=1S/C56H42N4/c1-4-14-37(15-5-1)39-24-28-41(29-25-39)55-49-34-44(32-33-50(49)57-56(58-55)42-30-26-40(27-31-42)38-16-6-2-7-17-38)60-52-23-13-11-21-46(52)48-35-47-45-20-10-12-22-51(45)59(53(47)36-54(48)60)43-18-8-3-9-19-43/h1-31,33-36,44,55-58H,32H2. The first kappa shape index (κ1) is 34.6. The van der Waals surface area contributed by atoms with Gasteiger partial charge in [0.15, 0.2) is 0 Å². The molecule has 60 heavy (non-hydrogen) atoms. The predicted molar refractivity (Wildman–Crippen MR) is 249 cm³/mol. The molecule has 3 atom stereocenters. The van der Waals surface area contributed by atoms with Crippen LogP contribution in [0, 0.1) is 0 Å². The minimum atomic E-state index is -0.0602. The molecule has 1 aliphatic carbocycles. The number of hydrogen-bond acceptors (Lipinski definition) is 2. The van der Waals surface area contributed by atoms with Crippen LogP contribution in [0.3, 0.4) is 0 Å². The van der Waals surface area contributed by atoms with Crippen LogP contribution in [0.15, 0.2) is 224 Å². The van der Waals surface area contributed by atoms with Gasteiger partial charge in [-0.2, -0.15) is 0 Å². The first-order chi connectivity index (χ1) is 29.7. The second kappa shape index (κ2) is 14.2. The van der Waals surface area contributed by atoms with Crippen molar-refractivity contribution in [3.05, 3.63) is 235 Å². The highest BCUT2D eigenvalue weighted by Gasteiger charge is 2.34.